The zero-order chi connectivity index (χ0) is 11.6. The van der Waals surface area contributed by atoms with E-state index in [0.717, 1.165) is 12.8 Å². The zero-order valence-corrected chi connectivity index (χ0v) is 10.7. The number of thioether (sulfide) groups is 1. The van der Waals surface area contributed by atoms with Crippen LogP contribution in [0, 0.1) is 0 Å². The van der Waals surface area contributed by atoms with Gasteiger partial charge < -0.3 is 4.90 Å². The van der Waals surface area contributed by atoms with E-state index >= 15 is 0 Å². The number of hydrogen-bond acceptors (Lipinski definition) is 4. The van der Waals surface area contributed by atoms with Crippen molar-refractivity contribution in [3.63, 3.8) is 0 Å². The van der Waals surface area contributed by atoms with Crippen molar-refractivity contribution in [2.75, 3.05) is 31.1 Å². The maximum atomic E-state index is 10.9. The summed E-state index contributed by atoms with van der Waals surface area (Å²) in [6, 6.07) is 0. The van der Waals surface area contributed by atoms with Crippen LogP contribution in [0.3, 0.4) is 0 Å². The van der Waals surface area contributed by atoms with Crippen LogP contribution in [0.2, 0.25) is 0 Å². The second-order valence-corrected chi connectivity index (χ2v) is 5.41. The van der Waals surface area contributed by atoms with Crippen molar-refractivity contribution in [2.45, 2.75) is 32.1 Å². The molecule has 3 N–H and O–H groups in total. The molecule has 16 heavy (non-hydrogen) atoms. The highest BCUT2D eigenvalue weighted by Crippen LogP contribution is 2.11. The molecule has 94 valence electrons. The Morgan fingerprint density at radius 3 is 2.94 bits per heavy atom. The Morgan fingerprint density at radius 2 is 2.12 bits per heavy atom. The first kappa shape index (κ1) is 13.8. The third-order valence-corrected chi connectivity index (χ3v) is 3.90. The Balaban J connectivity index is 1.95. The van der Waals surface area contributed by atoms with Crippen molar-refractivity contribution >= 4 is 17.7 Å². The van der Waals surface area contributed by atoms with Crippen molar-refractivity contribution in [1.82, 2.24) is 10.3 Å². The van der Waals surface area contributed by atoms with Gasteiger partial charge in [0.05, 0.1) is 0 Å². The summed E-state index contributed by atoms with van der Waals surface area (Å²) in [7, 11) is 0. The van der Waals surface area contributed by atoms with Gasteiger partial charge in [0.2, 0.25) is 5.91 Å². The van der Waals surface area contributed by atoms with Gasteiger partial charge in [0, 0.05) is 18.7 Å². The molecule has 0 bridgehead atoms. The lowest BCUT2D eigenvalue weighted by molar-refractivity contribution is -0.121. The summed E-state index contributed by atoms with van der Waals surface area (Å²) in [5, 5.41) is 0. The number of amides is 1. The number of hydrazine groups is 1. The quantitative estimate of drug-likeness (QED) is 0.317. The van der Waals surface area contributed by atoms with E-state index in [-0.39, 0.29) is 5.91 Å². The average molecular weight is 245 g/mol. The molecule has 1 saturated heterocycles. The van der Waals surface area contributed by atoms with Gasteiger partial charge >= 0.3 is 0 Å². The Kier molecular flexibility index (Phi) is 7.63. The van der Waals surface area contributed by atoms with Crippen LogP contribution < -0.4 is 11.3 Å². The second kappa shape index (κ2) is 8.84. The summed E-state index contributed by atoms with van der Waals surface area (Å²) in [5.74, 6) is 7.55. The van der Waals surface area contributed by atoms with Gasteiger partial charge in [-0.3, -0.25) is 10.2 Å². The van der Waals surface area contributed by atoms with Gasteiger partial charge in [0.1, 0.15) is 0 Å². The molecular weight excluding hydrogens is 222 g/mol. The molecule has 1 heterocycles. The summed E-state index contributed by atoms with van der Waals surface area (Å²) >= 11 is 2.06. The minimum absolute atomic E-state index is 0.0498. The largest absolute Gasteiger partial charge is 0.302 e. The highest BCUT2D eigenvalue weighted by molar-refractivity contribution is 7.99. The number of carbonyl (C=O) groups excluding carboxylic acids is 1. The average Bonchev–Trinajstić information content (AvgIpc) is 2.57. The number of hydrogen-bond donors (Lipinski definition) is 2. The second-order valence-electron chi connectivity index (χ2n) is 4.19. The summed E-state index contributed by atoms with van der Waals surface area (Å²) in [6.07, 6.45) is 5.15. The number of nitrogens with one attached hydrogen (secondary N) is 1. The minimum atomic E-state index is -0.0498. The molecule has 1 aliphatic heterocycles. The van der Waals surface area contributed by atoms with Crippen LogP contribution in [0.25, 0.3) is 0 Å². The molecule has 0 unspecified atom stereocenters. The normalized spacial score (nSPS) is 18.1. The smallest absolute Gasteiger partial charge is 0.233 e. The lowest BCUT2D eigenvalue weighted by atomic mass is 10.2. The van der Waals surface area contributed by atoms with Crippen molar-refractivity contribution in [2.24, 2.45) is 5.84 Å². The lowest BCUT2D eigenvalue weighted by Crippen LogP contribution is -2.29. The van der Waals surface area contributed by atoms with E-state index in [1.165, 1.54) is 44.0 Å². The van der Waals surface area contributed by atoms with Crippen LogP contribution in [-0.2, 0) is 4.79 Å². The molecule has 4 nitrogen and oxygen atoms in total. The van der Waals surface area contributed by atoms with Crippen LogP contribution >= 0.6 is 11.8 Å². The number of nitrogens with zero attached hydrogens (tertiary/aromatic N) is 1. The zero-order valence-electron chi connectivity index (χ0n) is 9.91. The first-order valence-electron chi connectivity index (χ1n) is 6.12. The molecule has 5 heteroatoms. The molecule has 1 fully saturated rings. The molecule has 0 aliphatic carbocycles. The molecule has 0 atom stereocenters. The fourth-order valence-corrected chi connectivity index (χ4v) is 2.82. The predicted molar refractivity (Wildman–Crippen MR) is 69.2 cm³/mol. The highest BCUT2D eigenvalue weighted by Gasteiger charge is 2.08. The van der Waals surface area contributed by atoms with Gasteiger partial charge in [-0.05, 0) is 38.1 Å². The fourth-order valence-electron chi connectivity index (χ4n) is 1.89. The summed E-state index contributed by atoms with van der Waals surface area (Å²) in [4.78, 5) is 13.4. The van der Waals surface area contributed by atoms with Crippen LogP contribution in [0.5, 0.6) is 0 Å². The topological polar surface area (TPSA) is 58.4 Å². The van der Waals surface area contributed by atoms with Gasteiger partial charge in [0.25, 0.3) is 0 Å². The Hall–Kier alpha value is -0.260. The van der Waals surface area contributed by atoms with E-state index in [1.54, 1.807) is 0 Å². The molecule has 0 aromatic carbocycles. The summed E-state index contributed by atoms with van der Waals surface area (Å²) in [5.41, 5.74) is 2.16. The summed E-state index contributed by atoms with van der Waals surface area (Å²) < 4.78 is 0. The molecule has 0 aromatic rings. The van der Waals surface area contributed by atoms with Gasteiger partial charge in [-0.1, -0.05) is 6.42 Å². The summed E-state index contributed by atoms with van der Waals surface area (Å²) in [6.45, 7) is 3.66. The molecular formula is C11H23N3OS. The SMILES string of the molecule is NNC(=O)CCCCCN1CCCSCC1. The number of unbranched alkanes of at least 4 members (excludes halogenated alkanes) is 2. The van der Waals surface area contributed by atoms with Crippen molar-refractivity contribution in [3.05, 3.63) is 0 Å². The fraction of sp³-hybridized carbons (Fsp3) is 0.909. The minimum Gasteiger partial charge on any atom is -0.302 e. The maximum absolute atomic E-state index is 10.9. The Bertz CT molecular complexity index is 194. The van der Waals surface area contributed by atoms with Gasteiger partial charge in [-0.15, -0.1) is 0 Å². The highest BCUT2D eigenvalue weighted by atomic mass is 32.2. The third kappa shape index (κ3) is 6.35. The van der Waals surface area contributed by atoms with E-state index in [2.05, 4.69) is 22.1 Å². The molecule has 1 rings (SSSR count). The molecule has 0 radical (unpaired) electrons. The van der Waals surface area contributed by atoms with Gasteiger partial charge in [-0.25, -0.2) is 5.84 Å². The van der Waals surface area contributed by atoms with E-state index in [9.17, 15) is 4.79 Å². The number of nitrogens with two attached hydrogens (primary N) is 1. The van der Waals surface area contributed by atoms with Crippen molar-refractivity contribution < 1.29 is 4.79 Å². The third-order valence-electron chi connectivity index (χ3n) is 2.85. The number of carbonyl (C=O) groups is 1. The van der Waals surface area contributed by atoms with E-state index in [1.807, 2.05) is 0 Å². The monoisotopic (exact) mass is 245 g/mol. The predicted octanol–water partition coefficient (Wildman–Crippen LogP) is 0.976. The van der Waals surface area contributed by atoms with E-state index < -0.39 is 0 Å². The first-order chi connectivity index (χ1) is 7.83. The van der Waals surface area contributed by atoms with E-state index in [4.69, 9.17) is 5.84 Å². The standard InChI is InChI=1S/C11H23N3OS/c12-13-11(15)5-2-1-3-6-14-7-4-9-16-10-8-14/h1-10,12H2,(H,13,15). The molecule has 0 aromatic heterocycles. The Labute approximate surface area is 102 Å². The molecule has 1 aliphatic rings. The van der Waals surface area contributed by atoms with Crippen molar-refractivity contribution in [1.29, 1.82) is 0 Å². The van der Waals surface area contributed by atoms with Crippen LogP contribution in [0.4, 0.5) is 0 Å². The number of rotatable bonds is 6. The van der Waals surface area contributed by atoms with Gasteiger partial charge in [0.15, 0.2) is 0 Å². The molecule has 1 amide bonds. The lowest BCUT2D eigenvalue weighted by Gasteiger charge is -2.18. The maximum Gasteiger partial charge on any atom is 0.233 e. The van der Waals surface area contributed by atoms with Crippen LogP contribution in [0.1, 0.15) is 32.1 Å². The van der Waals surface area contributed by atoms with Crippen LogP contribution in [-0.4, -0.2) is 41.9 Å². The molecule has 0 saturated carbocycles. The first-order valence-corrected chi connectivity index (χ1v) is 7.28. The Morgan fingerprint density at radius 1 is 1.25 bits per heavy atom. The van der Waals surface area contributed by atoms with Gasteiger partial charge in [-0.2, -0.15) is 11.8 Å². The van der Waals surface area contributed by atoms with Crippen molar-refractivity contribution in [3.8, 4) is 0 Å². The van der Waals surface area contributed by atoms with Crippen LogP contribution in [0.15, 0.2) is 0 Å². The van der Waals surface area contributed by atoms with E-state index in [0.29, 0.717) is 6.42 Å². The molecule has 0 spiro atoms.